The molecule has 3 aromatic rings. The first-order valence-corrected chi connectivity index (χ1v) is 8.68. The minimum atomic E-state index is -0.273. The van der Waals surface area contributed by atoms with Crippen LogP contribution in [-0.2, 0) is 0 Å². The lowest BCUT2D eigenvalue weighted by Gasteiger charge is -2.17. The van der Waals surface area contributed by atoms with Crippen LogP contribution >= 0.6 is 0 Å². The van der Waals surface area contributed by atoms with E-state index in [1.54, 1.807) is 25.0 Å². The number of hydrogen-bond donors (Lipinski definition) is 1. The minimum absolute atomic E-state index is 0.245. The number of ether oxygens (including phenoxy) is 2. The van der Waals surface area contributed by atoms with Gasteiger partial charge in [-0.15, -0.1) is 0 Å². The standard InChI is InChI=1S/C21H23N3O3/c1-14-12-19(23-24(14)16-8-6-5-7-9-16)21(25)22-15(2)18-13-17(26-3)10-11-20(18)27-4/h5-13,15H,1-4H3,(H,22,25). The van der Waals surface area contributed by atoms with E-state index in [1.807, 2.05) is 62.4 Å². The van der Waals surface area contributed by atoms with Gasteiger partial charge in [0.25, 0.3) is 5.91 Å². The first-order chi connectivity index (χ1) is 13.0. The van der Waals surface area contributed by atoms with Crippen LogP contribution in [0.25, 0.3) is 5.69 Å². The third-order valence-electron chi connectivity index (χ3n) is 4.37. The fourth-order valence-electron chi connectivity index (χ4n) is 2.94. The lowest BCUT2D eigenvalue weighted by Crippen LogP contribution is -2.27. The largest absolute Gasteiger partial charge is 0.497 e. The maximum atomic E-state index is 12.7. The SMILES string of the molecule is COc1ccc(OC)c(C(C)NC(=O)c2cc(C)n(-c3ccccc3)n2)c1. The average Bonchev–Trinajstić information content (AvgIpc) is 3.09. The topological polar surface area (TPSA) is 65.4 Å². The van der Waals surface area contributed by atoms with Crippen molar-refractivity contribution in [3.05, 3.63) is 71.5 Å². The minimum Gasteiger partial charge on any atom is -0.497 e. The summed E-state index contributed by atoms with van der Waals surface area (Å²) in [6.07, 6.45) is 0. The van der Waals surface area contributed by atoms with E-state index < -0.39 is 0 Å². The molecule has 140 valence electrons. The number of nitrogens with one attached hydrogen (secondary N) is 1. The number of methoxy groups -OCH3 is 2. The molecule has 27 heavy (non-hydrogen) atoms. The van der Waals surface area contributed by atoms with E-state index in [9.17, 15) is 4.79 Å². The van der Waals surface area contributed by atoms with E-state index in [-0.39, 0.29) is 11.9 Å². The Morgan fingerprint density at radius 3 is 2.48 bits per heavy atom. The molecule has 6 nitrogen and oxygen atoms in total. The molecular formula is C21H23N3O3. The molecular weight excluding hydrogens is 342 g/mol. The van der Waals surface area contributed by atoms with E-state index in [0.717, 1.165) is 16.9 Å². The van der Waals surface area contributed by atoms with Gasteiger partial charge in [-0.2, -0.15) is 5.10 Å². The van der Waals surface area contributed by atoms with Gasteiger partial charge in [-0.3, -0.25) is 4.79 Å². The van der Waals surface area contributed by atoms with Crippen LogP contribution in [0, 0.1) is 6.92 Å². The van der Waals surface area contributed by atoms with E-state index in [2.05, 4.69) is 10.4 Å². The van der Waals surface area contributed by atoms with Gasteiger partial charge in [-0.1, -0.05) is 18.2 Å². The zero-order valence-electron chi connectivity index (χ0n) is 15.9. The number of aryl methyl sites for hydroxylation is 1. The molecule has 6 heteroatoms. The second kappa shape index (κ2) is 7.95. The van der Waals surface area contributed by atoms with Crippen molar-refractivity contribution in [2.45, 2.75) is 19.9 Å². The molecule has 0 spiro atoms. The predicted molar refractivity (Wildman–Crippen MR) is 104 cm³/mol. The second-order valence-electron chi connectivity index (χ2n) is 6.22. The number of carbonyl (C=O) groups excluding carboxylic acids is 1. The third kappa shape index (κ3) is 3.95. The quantitative estimate of drug-likeness (QED) is 0.724. The smallest absolute Gasteiger partial charge is 0.272 e. The Kier molecular flexibility index (Phi) is 5.45. The molecule has 3 rings (SSSR count). The van der Waals surface area contributed by atoms with Crippen molar-refractivity contribution in [3.8, 4) is 17.2 Å². The number of rotatable bonds is 6. The summed E-state index contributed by atoms with van der Waals surface area (Å²) in [6.45, 7) is 3.82. The number of amides is 1. The molecule has 1 unspecified atom stereocenters. The highest BCUT2D eigenvalue weighted by atomic mass is 16.5. The summed E-state index contributed by atoms with van der Waals surface area (Å²) in [6, 6.07) is 16.7. The maximum absolute atomic E-state index is 12.7. The number of nitrogens with zero attached hydrogens (tertiary/aromatic N) is 2. The van der Waals surface area contributed by atoms with Gasteiger partial charge in [0.1, 0.15) is 11.5 Å². The number of benzene rings is 2. The Morgan fingerprint density at radius 1 is 1.07 bits per heavy atom. The molecule has 1 amide bonds. The van der Waals surface area contributed by atoms with Crippen molar-refractivity contribution in [1.82, 2.24) is 15.1 Å². The molecule has 0 fully saturated rings. The van der Waals surface area contributed by atoms with Crippen molar-refractivity contribution < 1.29 is 14.3 Å². The normalized spacial score (nSPS) is 11.7. The van der Waals surface area contributed by atoms with Crippen LogP contribution in [0.2, 0.25) is 0 Å². The average molecular weight is 365 g/mol. The van der Waals surface area contributed by atoms with E-state index in [4.69, 9.17) is 9.47 Å². The van der Waals surface area contributed by atoms with Gasteiger partial charge in [-0.25, -0.2) is 4.68 Å². The molecule has 1 atom stereocenters. The van der Waals surface area contributed by atoms with Crippen molar-refractivity contribution in [2.75, 3.05) is 14.2 Å². The Balaban J connectivity index is 1.82. The van der Waals surface area contributed by atoms with E-state index >= 15 is 0 Å². The lowest BCUT2D eigenvalue weighted by atomic mass is 10.1. The van der Waals surface area contributed by atoms with Gasteiger partial charge >= 0.3 is 0 Å². The Labute approximate surface area is 158 Å². The highest BCUT2D eigenvalue weighted by Crippen LogP contribution is 2.29. The Bertz CT molecular complexity index is 935. The maximum Gasteiger partial charge on any atom is 0.272 e. The Hall–Kier alpha value is -3.28. The molecule has 1 N–H and O–H groups in total. The highest BCUT2D eigenvalue weighted by molar-refractivity contribution is 5.92. The van der Waals surface area contributed by atoms with E-state index in [1.165, 1.54) is 0 Å². The fraction of sp³-hybridized carbons (Fsp3) is 0.238. The summed E-state index contributed by atoms with van der Waals surface area (Å²) in [4.78, 5) is 12.7. The highest BCUT2D eigenvalue weighted by Gasteiger charge is 2.19. The van der Waals surface area contributed by atoms with Crippen molar-refractivity contribution in [2.24, 2.45) is 0 Å². The number of aromatic nitrogens is 2. The zero-order valence-corrected chi connectivity index (χ0v) is 15.9. The number of hydrogen-bond acceptors (Lipinski definition) is 4. The second-order valence-corrected chi connectivity index (χ2v) is 6.22. The van der Waals surface area contributed by atoms with Crippen molar-refractivity contribution >= 4 is 5.91 Å². The molecule has 0 saturated heterocycles. The molecule has 0 bridgehead atoms. The monoisotopic (exact) mass is 365 g/mol. The predicted octanol–water partition coefficient (Wildman–Crippen LogP) is 3.69. The first kappa shape index (κ1) is 18.5. The Morgan fingerprint density at radius 2 is 1.81 bits per heavy atom. The summed E-state index contributed by atoms with van der Waals surface area (Å²) in [7, 11) is 3.21. The van der Waals surface area contributed by atoms with Crippen LogP contribution in [0.5, 0.6) is 11.5 Å². The summed E-state index contributed by atoms with van der Waals surface area (Å²) in [5.41, 5.74) is 3.00. The van der Waals surface area contributed by atoms with Crippen molar-refractivity contribution in [3.63, 3.8) is 0 Å². The molecule has 0 radical (unpaired) electrons. The van der Waals surface area contributed by atoms with Crippen LogP contribution in [0.1, 0.15) is 34.7 Å². The van der Waals surface area contributed by atoms with Crippen molar-refractivity contribution in [1.29, 1.82) is 0 Å². The van der Waals surface area contributed by atoms with Gasteiger partial charge in [-0.05, 0) is 50.2 Å². The third-order valence-corrected chi connectivity index (χ3v) is 4.37. The van der Waals surface area contributed by atoms with Gasteiger partial charge in [0.05, 0.1) is 25.9 Å². The fourth-order valence-corrected chi connectivity index (χ4v) is 2.94. The molecule has 0 aliphatic carbocycles. The van der Waals surface area contributed by atoms with Crippen LogP contribution in [0.15, 0.2) is 54.6 Å². The first-order valence-electron chi connectivity index (χ1n) is 8.68. The van der Waals surface area contributed by atoms with Gasteiger partial charge in [0, 0.05) is 11.3 Å². The van der Waals surface area contributed by atoms with Crippen LogP contribution in [0.3, 0.4) is 0 Å². The van der Waals surface area contributed by atoms with Gasteiger partial charge in [0.15, 0.2) is 5.69 Å². The van der Waals surface area contributed by atoms with Gasteiger partial charge < -0.3 is 14.8 Å². The number of carbonyl (C=O) groups is 1. The summed E-state index contributed by atoms with van der Waals surface area (Å²) < 4.78 is 12.4. The molecule has 0 aliphatic heterocycles. The van der Waals surface area contributed by atoms with Crippen LogP contribution < -0.4 is 14.8 Å². The van der Waals surface area contributed by atoms with Gasteiger partial charge in [0.2, 0.25) is 0 Å². The summed E-state index contributed by atoms with van der Waals surface area (Å²) in [5, 5.41) is 7.43. The summed E-state index contributed by atoms with van der Waals surface area (Å²) in [5.74, 6) is 1.15. The zero-order chi connectivity index (χ0) is 19.4. The van der Waals surface area contributed by atoms with Crippen LogP contribution in [0.4, 0.5) is 0 Å². The molecule has 1 heterocycles. The number of para-hydroxylation sites is 1. The van der Waals surface area contributed by atoms with E-state index in [0.29, 0.717) is 17.2 Å². The molecule has 0 saturated carbocycles. The molecule has 0 aliphatic rings. The lowest BCUT2D eigenvalue weighted by molar-refractivity contribution is 0.0934. The molecule has 2 aromatic carbocycles. The summed E-state index contributed by atoms with van der Waals surface area (Å²) >= 11 is 0. The molecule has 1 aromatic heterocycles. The van der Waals surface area contributed by atoms with Crippen LogP contribution in [-0.4, -0.2) is 29.9 Å².